The molecule has 0 fully saturated rings. The Bertz CT molecular complexity index is 318. The van der Waals surface area contributed by atoms with E-state index in [0.29, 0.717) is 25.0 Å². The fourth-order valence-corrected chi connectivity index (χ4v) is 3.15. The van der Waals surface area contributed by atoms with E-state index in [1.54, 1.807) is 0 Å². The molecule has 0 aliphatic carbocycles. The maximum absolute atomic E-state index is 12.2. The second-order valence-electron chi connectivity index (χ2n) is 7.22. The fraction of sp³-hybridized carbons (Fsp3) is 0.867. The highest BCUT2D eigenvalue weighted by Gasteiger charge is 2.36. The first-order valence-corrected chi connectivity index (χ1v) is 10.9. The van der Waals surface area contributed by atoms with Gasteiger partial charge in [0.15, 0.2) is 0 Å². The van der Waals surface area contributed by atoms with Crippen LogP contribution in [0, 0.1) is 11.8 Å². The van der Waals surface area contributed by atoms with Gasteiger partial charge in [-0.15, -0.1) is 0 Å². The maximum Gasteiger partial charge on any atom is 0.306 e. The highest BCUT2D eigenvalue weighted by molar-refractivity contribution is 6.80. The van der Waals surface area contributed by atoms with Crippen LogP contribution in [0.1, 0.15) is 34.1 Å². The molecule has 0 radical (unpaired) electrons. The summed E-state index contributed by atoms with van der Waals surface area (Å²) in [6.07, 6.45) is 0.138. The van der Waals surface area contributed by atoms with Crippen molar-refractivity contribution in [3.63, 3.8) is 0 Å². The van der Waals surface area contributed by atoms with Crippen LogP contribution < -0.4 is 0 Å². The third kappa shape index (κ3) is 8.35. The summed E-state index contributed by atoms with van der Waals surface area (Å²) in [5.41, 5.74) is -0.332. The Balaban J connectivity index is 4.58. The van der Waals surface area contributed by atoms with E-state index in [-0.39, 0.29) is 23.9 Å². The first-order chi connectivity index (χ1) is 9.04. The number of esters is 2. The van der Waals surface area contributed by atoms with Gasteiger partial charge < -0.3 is 9.47 Å². The second-order valence-corrected chi connectivity index (χ2v) is 12.7. The van der Waals surface area contributed by atoms with Gasteiger partial charge in [-0.3, -0.25) is 9.59 Å². The summed E-state index contributed by atoms with van der Waals surface area (Å²) in [7, 11) is -1.82. The largest absolute Gasteiger partial charge is 0.465 e. The maximum atomic E-state index is 12.2. The van der Waals surface area contributed by atoms with Crippen LogP contribution in [0.25, 0.3) is 0 Å². The SMILES string of the molecule is CC(C)COC(=O)CC(C(=O)OCC(C)C)[Si](C)(C)C. The lowest BCUT2D eigenvalue weighted by Gasteiger charge is -2.26. The first kappa shape index (κ1) is 19.2. The monoisotopic (exact) mass is 302 g/mol. The lowest BCUT2D eigenvalue weighted by atomic mass is 10.2. The summed E-state index contributed by atoms with van der Waals surface area (Å²) in [6, 6.07) is 0. The molecule has 1 unspecified atom stereocenters. The molecule has 1 atom stereocenters. The molecular formula is C15H30O4Si. The lowest BCUT2D eigenvalue weighted by Crippen LogP contribution is -2.37. The van der Waals surface area contributed by atoms with Crippen LogP contribution >= 0.6 is 0 Å². The topological polar surface area (TPSA) is 52.6 Å². The van der Waals surface area contributed by atoms with Crippen LogP contribution in [0.2, 0.25) is 25.2 Å². The van der Waals surface area contributed by atoms with Gasteiger partial charge in [-0.2, -0.15) is 0 Å². The summed E-state index contributed by atoms with van der Waals surface area (Å²) in [5.74, 6) is 0.0540. The highest BCUT2D eigenvalue weighted by atomic mass is 28.3. The molecule has 0 N–H and O–H groups in total. The van der Waals surface area contributed by atoms with E-state index in [2.05, 4.69) is 19.6 Å². The van der Waals surface area contributed by atoms with Crippen molar-refractivity contribution >= 4 is 20.0 Å². The fourth-order valence-electron chi connectivity index (χ4n) is 1.58. The Morgan fingerprint density at radius 1 is 0.900 bits per heavy atom. The van der Waals surface area contributed by atoms with Crippen molar-refractivity contribution in [1.29, 1.82) is 0 Å². The Kier molecular flexibility index (Phi) is 8.09. The van der Waals surface area contributed by atoms with Crippen LogP contribution in [0.4, 0.5) is 0 Å². The number of ether oxygens (including phenoxy) is 2. The van der Waals surface area contributed by atoms with Crippen LogP contribution in [0.15, 0.2) is 0 Å². The molecule has 0 rings (SSSR count). The zero-order chi connectivity index (χ0) is 15.9. The summed E-state index contributed by atoms with van der Waals surface area (Å²) in [5, 5.41) is 0. The molecule has 0 spiro atoms. The van der Waals surface area contributed by atoms with Gasteiger partial charge in [-0.25, -0.2) is 0 Å². The number of carbonyl (C=O) groups excluding carboxylic acids is 2. The molecule has 0 heterocycles. The van der Waals surface area contributed by atoms with Crippen LogP contribution in [-0.4, -0.2) is 33.2 Å². The molecule has 4 nitrogen and oxygen atoms in total. The van der Waals surface area contributed by atoms with Crippen molar-refractivity contribution in [1.82, 2.24) is 0 Å². The van der Waals surface area contributed by atoms with E-state index >= 15 is 0 Å². The quantitative estimate of drug-likeness (QED) is 0.509. The van der Waals surface area contributed by atoms with E-state index in [9.17, 15) is 9.59 Å². The van der Waals surface area contributed by atoms with Crippen molar-refractivity contribution in [3.8, 4) is 0 Å². The standard InChI is InChI=1S/C15H30O4Si/c1-11(2)9-18-14(16)8-13(20(5,6)7)15(17)19-10-12(3)4/h11-13H,8-10H2,1-7H3. The van der Waals surface area contributed by atoms with Gasteiger partial charge >= 0.3 is 11.9 Å². The average molecular weight is 302 g/mol. The van der Waals surface area contributed by atoms with Crippen LogP contribution in [-0.2, 0) is 19.1 Å². The predicted molar refractivity (Wildman–Crippen MR) is 83.3 cm³/mol. The van der Waals surface area contributed by atoms with Gasteiger partial charge in [-0.05, 0) is 11.8 Å². The molecular weight excluding hydrogens is 272 g/mol. The summed E-state index contributed by atoms with van der Waals surface area (Å²) in [4.78, 5) is 24.0. The Labute approximate surface area is 124 Å². The molecule has 0 amide bonds. The first-order valence-electron chi connectivity index (χ1n) is 7.36. The number of hydrogen-bond donors (Lipinski definition) is 0. The van der Waals surface area contributed by atoms with E-state index < -0.39 is 8.07 Å². The zero-order valence-electron chi connectivity index (χ0n) is 14.0. The molecule has 0 aliphatic rings. The predicted octanol–water partition coefficient (Wildman–Crippen LogP) is 3.48. The summed E-state index contributed by atoms with van der Waals surface area (Å²) in [6.45, 7) is 15.0. The minimum Gasteiger partial charge on any atom is -0.465 e. The van der Waals surface area contributed by atoms with Gasteiger partial charge in [0.05, 0.1) is 33.2 Å². The van der Waals surface area contributed by atoms with E-state index in [0.717, 1.165) is 0 Å². The average Bonchev–Trinajstić information content (AvgIpc) is 2.28. The minimum atomic E-state index is -1.82. The van der Waals surface area contributed by atoms with Gasteiger partial charge in [0.25, 0.3) is 0 Å². The smallest absolute Gasteiger partial charge is 0.306 e. The second kappa shape index (κ2) is 8.45. The molecule has 0 aromatic rings. The van der Waals surface area contributed by atoms with Gasteiger partial charge in [-0.1, -0.05) is 47.3 Å². The normalized spacial score (nSPS) is 13.4. The van der Waals surface area contributed by atoms with Crippen molar-refractivity contribution in [3.05, 3.63) is 0 Å². The van der Waals surface area contributed by atoms with Crippen molar-refractivity contribution in [2.75, 3.05) is 13.2 Å². The molecule has 118 valence electrons. The minimum absolute atomic E-state index is 0.138. The number of carbonyl (C=O) groups is 2. The Morgan fingerprint density at radius 3 is 1.75 bits per heavy atom. The van der Waals surface area contributed by atoms with Crippen molar-refractivity contribution in [2.24, 2.45) is 11.8 Å². The van der Waals surface area contributed by atoms with Crippen LogP contribution in [0.3, 0.4) is 0 Å². The molecule has 5 heteroatoms. The van der Waals surface area contributed by atoms with E-state index in [1.165, 1.54) is 0 Å². The van der Waals surface area contributed by atoms with E-state index in [4.69, 9.17) is 9.47 Å². The van der Waals surface area contributed by atoms with Gasteiger partial charge in [0.1, 0.15) is 0 Å². The molecule has 0 bridgehead atoms. The zero-order valence-corrected chi connectivity index (χ0v) is 15.0. The molecule has 0 aromatic heterocycles. The van der Waals surface area contributed by atoms with Crippen molar-refractivity contribution in [2.45, 2.75) is 59.3 Å². The number of rotatable bonds is 8. The molecule has 0 saturated carbocycles. The third-order valence-corrected chi connectivity index (χ3v) is 5.37. The third-order valence-electron chi connectivity index (χ3n) is 2.84. The van der Waals surface area contributed by atoms with Crippen LogP contribution in [0.5, 0.6) is 0 Å². The lowest BCUT2D eigenvalue weighted by molar-refractivity contribution is -0.151. The Hall–Kier alpha value is -0.843. The molecule has 20 heavy (non-hydrogen) atoms. The summed E-state index contributed by atoms with van der Waals surface area (Å²) >= 11 is 0. The Morgan fingerprint density at radius 2 is 1.35 bits per heavy atom. The molecule has 0 aromatic carbocycles. The van der Waals surface area contributed by atoms with E-state index in [1.807, 2.05) is 27.7 Å². The molecule has 0 aliphatic heterocycles. The molecule has 0 saturated heterocycles. The number of hydrogen-bond acceptors (Lipinski definition) is 4. The van der Waals surface area contributed by atoms with Crippen molar-refractivity contribution < 1.29 is 19.1 Å². The van der Waals surface area contributed by atoms with Gasteiger partial charge in [0, 0.05) is 0 Å². The summed E-state index contributed by atoms with van der Waals surface area (Å²) < 4.78 is 10.5. The highest BCUT2D eigenvalue weighted by Crippen LogP contribution is 2.27. The van der Waals surface area contributed by atoms with Gasteiger partial charge in [0.2, 0.25) is 0 Å².